The average molecular weight is 276 g/mol. The van der Waals surface area contributed by atoms with Gasteiger partial charge in [-0.05, 0) is 59.0 Å². The maximum atomic E-state index is 4.44. The van der Waals surface area contributed by atoms with Crippen LogP contribution in [0.1, 0.15) is 26.2 Å². The van der Waals surface area contributed by atoms with Crippen molar-refractivity contribution in [3.05, 3.63) is 24.4 Å². The van der Waals surface area contributed by atoms with Crippen molar-refractivity contribution in [1.29, 1.82) is 0 Å². The molecule has 0 radical (unpaired) electrons. The number of piperidine rings is 1. The van der Waals surface area contributed by atoms with Crippen molar-refractivity contribution < 1.29 is 0 Å². The van der Waals surface area contributed by atoms with Crippen LogP contribution in [-0.4, -0.2) is 55.7 Å². The molecule has 0 aliphatic carbocycles. The van der Waals surface area contributed by atoms with Gasteiger partial charge in [-0.25, -0.2) is 4.98 Å². The van der Waals surface area contributed by atoms with E-state index in [4.69, 9.17) is 0 Å². The fourth-order valence-corrected chi connectivity index (χ4v) is 2.75. The molecule has 1 saturated heterocycles. The fourth-order valence-electron chi connectivity index (χ4n) is 2.75. The van der Waals surface area contributed by atoms with Gasteiger partial charge in [-0.2, -0.15) is 0 Å². The summed E-state index contributed by atoms with van der Waals surface area (Å²) in [6.45, 7) is 5.67. The second-order valence-electron chi connectivity index (χ2n) is 6.11. The molecule has 1 unspecified atom stereocenters. The van der Waals surface area contributed by atoms with E-state index >= 15 is 0 Å². The topological polar surface area (TPSA) is 31.4 Å². The van der Waals surface area contributed by atoms with Crippen LogP contribution in [0.5, 0.6) is 0 Å². The highest BCUT2D eigenvalue weighted by molar-refractivity contribution is 5.38. The van der Waals surface area contributed by atoms with Crippen molar-refractivity contribution in [2.24, 2.45) is 0 Å². The molecule has 2 heterocycles. The minimum Gasteiger partial charge on any atom is -0.357 e. The molecule has 0 spiro atoms. The summed E-state index contributed by atoms with van der Waals surface area (Å²) >= 11 is 0. The Morgan fingerprint density at radius 2 is 2.10 bits per heavy atom. The van der Waals surface area contributed by atoms with E-state index in [1.54, 1.807) is 0 Å². The standard InChI is InChI=1S/C16H28N4/c1-14(7-11-19(2)3)18-15-8-12-20(13-9-15)16-6-4-5-10-17-16/h4-6,10,14-15,18H,7-9,11-13H2,1-3H3. The van der Waals surface area contributed by atoms with E-state index in [2.05, 4.69) is 53.3 Å². The summed E-state index contributed by atoms with van der Waals surface area (Å²) < 4.78 is 0. The molecule has 1 atom stereocenters. The first kappa shape index (κ1) is 15.3. The van der Waals surface area contributed by atoms with Crippen molar-refractivity contribution >= 4 is 5.82 Å². The van der Waals surface area contributed by atoms with Crippen LogP contribution in [0.25, 0.3) is 0 Å². The molecule has 20 heavy (non-hydrogen) atoms. The second-order valence-corrected chi connectivity index (χ2v) is 6.11. The summed E-state index contributed by atoms with van der Waals surface area (Å²) in [5.41, 5.74) is 0. The largest absolute Gasteiger partial charge is 0.357 e. The Morgan fingerprint density at radius 1 is 1.35 bits per heavy atom. The van der Waals surface area contributed by atoms with Gasteiger partial charge in [0, 0.05) is 31.4 Å². The first-order valence-electron chi connectivity index (χ1n) is 7.72. The van der Waals surface area contributed by atoms with Crippen LogP contribution in [0.2, 0.25) is 0 Å². The summed E-state index contributed by atoms with van der Waals surface area (Å²) in [5.74, 6) is 1.12. The van der Waals surface area contributed by atoms with E-state index < -0.39 is 0 Å². The van der Waals surface area contributed by atoms with Crippen molar-refractivity contribution in [2.75, 3.05) is 38.6 Å². The number of aromatic nitrogens is 1. The van der Waals surface area contributed by atoms with Crippen LogP contribution in [0.3, 0.4) is 0 Å². The van der Waals surface area contributed by atoms with Gasteiger partial charge < -0.3 is 15.1 Å². The normalized spacial score (nSPS) is 18.5. The molecular weight excluding hydrogens is 248 g/mol. The van der Waals surface area contributed by atoms with Gasteiger partial charge in [0.25, 0.3) is 0 Å². The highest BCUT2D eigenvalue weighted by Crippen LogP contribution is 2.17. The number of pyridine rings is 1. The lowest BCUT2D eigenvalue weighted by Crippen LogP contribution is -2.46. The molecule has 1 fully saturated rings. The molecule has 0 saturated carbocycles. The Labute approximate surface area is 123 Å². The third kappa shape index (κ3) is 4.76. The van der Waals surface area contributed by atoms with E-state index in [0.29, 0.717) is 12.1 Å². The van der Waals surface area contributed by atoms with Crippen molar-refractivity contribution in [1.82, 2.24) is 15.2 Å². The predicted molar refractivity (Wildman–Crippen MR) is 85.2 cm³/mol. The number of hydrogen-bond donors (Lipinski definition) is 1. The Bertz CT molecular complexity index is 371. The third-order valence-electron chi connectivity index (χ3n) is 4.00. The van der Waals surface area contributed by atoms with Gasteiger partial charge in [-0.15, -0.1) is 0 Å². The van der Waals surface area contributed by atoms with Gasteiger partial charge in [-0.3, -0.25) is 0 Å². The SMILES string of the molecule is CC(CCN(C)C)NC1CCN(c2ccccn2)CC1. The molecule has 0 bridgehead atoms. The molecule has 1 aromatic rings. The molecule has 1 aliphatic rings. The summed E-state index contributed by atoms with van der Waals surface area (Å²) in [6.07, 6.45) is 5.52. The Balaban J connectivity index is 1.71. The summed E-state index contributed by atoms with van der Waals surface area (Å²) in [6, 6.07) is 7.41. The third-order valence-corrected chi connectivity index (χ3v) is 4.00. The molecule has 112 valence electrons. The zero-order valence-corrected chi connectivity index (χ0v) is 13.0. The van der Waals surface area contributed by atoms with E-state index in [-0.39, 0.29) is 0 Å². The molecule has 1 N–H and O–H groups in total. The molecule has 1 aliphatic heterocycles. The molecule has 0 amide bonds. The highest BCUT2D eigenvalue weighted by atomic mass is 15.2. The predicted octanol–water partition coefficient (Wildman–Crippen LogP) is 1.98. The highest BCUT2D eigenvalue weighted by Gasteiger charge is 2.20. The van der Waals surface area contributed by atoms with Gasteiger partial charge >= 0.3 is 0 Å². The molecule has 4 heteroatoms. The average Bonchev–Trinajstić information content (AvgIpc) is 2.47. The van der Waals surface area contributed by atoms with E-state index in [1.165, 1.54) is 19.3 Å². The number of nitrogens with one attached hydrogen (secondary N) is 1. The van der Waals surface area contributed by atoms with Gasteiger partial charge in [0.2, 0.25) is 0 Å². The van der Waals surface area contributed by atoms with Gasteiger partial charge in [0.05, 0.1) is 0 Å². The maximum Gasteiger partial charge on any atom is 0.128 e. The Hall–Kier alpha value is -1.13. The van der Waals surface area contributed by atoms with Gasteiger partial charge in [0.15, 0.2) is 0 Å². The molecule has 1 aromatic heterocycles. The quantitative estimate of drug-likeness (QED) is 0.861. The second kappa shape index (κ2) is 7.60. The molecular formula is C16H28N4. The van der Waals surface area contributed by atoms with Crippen molar-refractivity contribution in [3.8, 4) is 0 Å². The molecule has 4 nitrogen and oxygen atoms in total. The van der Waals surface area contributed by atoms with E-state index in [9.17, 15) is 0 Å². The van der Waals surface area contributed by atoms with Crippen LogP contribution in [0.15, 0.2) is 24.4 Å². The lowest BCUT2D eigenvalue weighted by Gasteiger charge is -2.34. The maximum absolute atomic E-state index is 4.44. The van der Waals surface area contributed by atoms with Crippen LogP contribution in [-0.2, 0) is 0 Å². The molecule has 2 rings (SSSR count). The zero-order chi connectivity index (χ0) is 14.4. The van der Waals surface area contributed by atoms with E-state index in [0.717, 1.165) is 25.5 Å². The minimum atomic E-state index is 0.601. The van der Waals surface area contributed by atoms with Crippen LogP contribution in [0, 0.1) is 0 Å². The van der Waals surface area contributed by atoms with E-state index in [1.807, 2.05) is 12.3 Å². The molecule has 0 aromatic carbocycles. The van der Waals surface area contributed by atoms with Crippen LogP contribution < -0.4 is 10.2 Å². The first-order chi connectivity index (χ1) is 9.65. The monoisotopic (exact) mass is 276 g/mol. The summed E-state index contributed by atoms with van der Waals surface area (Å²) in [7, 11) is 4.27. The summed E-state index contributed by atoms with van der Waals surface area (Å²) in [4.78, 5) is 9.08. The number of nitrogens with zero attached hydrogens (tertiary/aromatic N) is 3. The fraction of sp³-hybridized carbons (Fsp3) is 0.688. The number of hydrogen-bond acceptors (Lipinski definition) is 4. The van der Waals surface area contributed by atoms with Crippen molar-refractivity contribution in [3.63, 3.8) is 0 Å². The van der Waals surface area contributed by atoms with Crippen LogP contribution in [0.4, 0.5) is 5.82 Å². The number of anilines is 1. The smallest absolute Gasteiger partial charge is 0.128 e. The Kier molecular flexibility index (Phi) is 5.80. The lowest BCUT2D eigenvalue weighted by molar-refractivity contribution is 0.327. The zero-order valence-electron chi connectivity index (χ0n) is 13.0. The van der Waals surface area contributed by atoms with Crippen molar-refractivity contribution in [2.45, 2.75) is 38.3 Å². The number of rotatable bonds is 6. The van der Waals surface area contributed by atoms with Gasteiger partial charge in [0.1, 0.15) is 5.82 Å². The Morgan fingerprint density at radius 3 is 2.70 bits per heavy atom. The first-order valence-corrected chi connectivity index (χ1v) is 7.72. The minimum absolute atomic E-state index is 0.601. The van der Waals surface area contributed by atoms with Crippen LogP contribution >= 0.6 is 0 Å². The summed E-state index contributed by atoms with van der Waals surface area (Å²) in [5, 5.41) is 3.77. The van der Waals surface area contributed by atoms with Gasteiger partial charge in [-0.1, -0.05) is 6.07 Å². The lowest BCUT2D eigenvalue weighted by atomic mass is 10.0.